The highest BCUT2D eigenvalue weighted by Gasteiger charge is 2.20. The molecule has 1 heterocycles. The van der Waals surface area contributed by atoms with Crippen molar-refractivity contribution in [3.05, 3.63) is 0 Å². The van der Waals surface area contributed by atoms with Gasteiger partial charge in [0.15, 0.2) is 0 Å². The first kappa shape index (κ1) is 15.1. The van der Waals surface area contributed by atoms with Crippen molar-refractivity contribution < 1.29 is 19.4 Å². The van der Waals surface area contributed by atoms with Gasteiger partial charge in [0.25, 0.3) is 0 Å². The third-order valence-electron chi connectivity index (χ3n) is 2.35. The Balaban J connectivity index is 0.00000106. The van der Waals surface area contributed by atoms with Crippen LogP contribution >= 0.6 is 0 Å². The number of likely N-dealkylation sites (N-methyl/N-ethyl adjacent to an activating group) is 1. The van der Waals surface area contributed by atoms with E-state index in [2.05, 4.69) is 4.90 Å². The van der Waals surface area contributed by atoms with Crippen LogP contribution in [0.15, 0.2) is 0 Å². The van der Waals surface area contributed by atoms with Crippen LogP contribution in [0.4, 0.5) is 0 Å². The number of rotatable bonds is 4. The molecule has 1 aliphatic rings. The zero-order valence-corrected chi connectivity index (χ0v) is 10.0. The molecule has 0 radical (unpaired) electrons. The van der Waals surface area contributed by atoms with Crippen LogP contribution in [0, 0.1) is 0 Å². The fourth-order valence-corrected chi connectivity index (χ4v) is 1.64. The number of esters is 1. The van der Waals surface area contributed by atoms with Crippen molar-refractivity contribution in [1.82, 2.24) is 4.90 Å². The lowest BCUT2D eigenvalue weighted by Gasteiger charge is -2.29. The molecule has 94 valence electrons. The van der Waals surface area contributed by atoms with Crippen LogP contribution in [0.5, 0.6) is 0 Å². The lowest BCUT2D eigenvalue weighted by atomic mass is 10.1. The van der Waals surface area contributed by atoms with Crippen LogP contribution in [0.25, 0.3) is 0 Å². The Kier molecular flexibility index (Phi) is 8.75. The van der Waals surface area contributed by atoms with Gasteiger partial charge in [-0.05, 0) is 26.4 Å². The molecular weight excluding hydrogens is 210 g/mol. The maximum atomic E-state index is 11.2. The fourth-order valence-electron chi connectivity index (χ4n) is 1.64. The molecule has 0 aromatic heterocycles. The number of piperidine rings is 1. The summed E-state index contributed by atoms with van der Waals surface area (Å²) in [6.45, 7) is 1.88. The average Bonchev–Trinajstić information content (AvgIpc) is 2.29. The number of carbonyl (C=O) groups excluding carboxylic acids is 2. The number of hydrogen-bond donors (Lipinski definition) is 1. The highest BCUT2D eigenvalue weighted by atomic mass is 16.5. The van der Waals surface area contributed by atoms with E-state index in [1.54, 1.807) is 0 Å². The predicted octanol–water partition coefficient (Wildman–Crippen LogP) is 0.211. The molecule has 1 unspecified atom stereocenters. The Hall–Kier alpha value is -0.940. The van der Waals surface area contributed by atoms with E-state index < -0.39 is 0 Å². The van der Waals surface area contributed by atoms with Gasteiger partial charge in [0.1, 0.15) is 12.4 Å². The number of likely N-dealkylation sites (tertiary alicyclic amines) is 1. The van der Waals surface area contributed by atoms with Gasteiger partial charge in [-0.2, -0.15) is 0 Å². The SMILES string of the molecule is CN1CCCC(OC(=O)CCC=O)C1.CO. The zero-order valence-electron chi connectivity index (χ0n) is 10.0. The molecule has 1 fully saturated rings. The molecule has 5 nitrogen and oxygen atoms in total. The number of hydrogen-bond acceptors (Lipinski definition) is 5. The first-order chi connectivity index (χ1) is 7.72. The van der Waals surface area contributed by atoms with Gasteiger partial charge in [-0.25, -0.2) is 0 Å². The van der Waals surface area contributed by atoms with E-state index in [1.165, 1.54) is 0 Å². The lowest BCUT2D eigenvalue weighted by Crippen LogP contribution is -2.38. The summed E-state index contributed by atoms with van der Waals surface area (Å²) in [6, 6.07) is 0. The molecule has 1 rings (SSSR count). The van der Waals surface area contributed by atoms with Crippen molar-refractivity contribution in [3.8, 4) is 0 Å². The summed E-state index contributed by atoms with van der Waals surface area (Å²) in [7, 11) is 3.02. The van der Waals surface area contributed by atoms with Crippen LogP contribution in [-0.4, -0.2) is 55.6 Å². The molecule has 0 amide bonds. The van der Waals surface area contributed by atoms with Crippen LogP contribution in [0.1, 0.15) is 25.7 Å². The van der Waals surface area contributed by atoms with E-state index in [1.807, 2.05) is 7.05 Å². The van der Waals surface area contributed by atoms with Crippen LogP contribution in [-0.2, 0) is 14.3 Å². The van der Waals surface area contributed by atoms with Crippen molar-refractivity contribution in [2.24, 2.45) is 0 Å². The third-order valence-corrected chi connectivity index (χ3v) is 2.35. The molecule has 1 saturated heterocycles. The maximum Gasteiger partial charge on any atom is 0.306 e. The highest BCUT2D eigenvalue weighted by Crippen LogP contribution is 2.12. The van der Waals surface area contributed by atoms with E-state index in [-0.39, 0.29) is 24.9 Å². The Morgan fingerprint density at radius 2 is 2.25 bits per heavy atom. The summed E-state index contributed by atoms with van der Waals surface area (Å²) in [5.41, 5.74) is 0. The average molecular weight is 231 g/mol. The Morgan fingerprint density at radius 1 is 1.56 bits per heavy atom. The number of aliphatic hydroxyl groups excluding tert-OH is 1. The molecule has 1 aliphatic heterocycles. The van der Waals surface area contributed by atoms with Crippen molar-refractivity contribution in [2.45, 2.75) is 31.8 Å². The molecule has 0 aromatic carbocycles. The lowest BCUT2D eigenvalue weighted by molar-refractivity contribution is -0.151. The predicted molar refractivity (Wildman–Crippen MR) is 60.1 cm³/mol. The topological polar surface area (TPSA) is 66.8 Å². The van der Waals surface area contributed by atoms with Gasteiger partial charge in [0.2, 0.25) is 0 Å². The minimum atomic E-state index is -0.252. The third kappa shape index (κ3) is 6.53. The van der Waals surface area contributed by atoms with E-state index >= 15 is 0 Å². The first-order valence-corrected chi connectivity index (χ1v) is 5.48. The standard InChI is InChI=1S/C10H17NO3.CH4O/c1-11-6-2-4-9(8-11)14-10(13)5-3-7-12;1-2/h7,9H,2-6,8H2,1H3;2H,1H3. The van der Waals surface area contributed by atoms with Gasteiger partial charge in [-0.15, -0.1) is 0 Å². The van der Waals surface area contributed by atoms with Gasteiger partial charge in [0, 0.05) is 20.1 Å². The minimum Gasteiger partial charge on any atom is -0.461 e. The van der Waals surface area contributed by atoms with E-state index in [0.717, 1.165) is 39.3 Å². The fraction of sp³-hybridized carbons (Fsp3) is 0.818. The molecule has 0 aromatic rings. The van der Waals surface area contributed by atoms with E-state index in [0.29, 0.717) is 0 Å². The molecule has 0 bridgehead atoms. The number of ether oxygens (including phenoxy) is 1. The molecule has 16 heavy (non-hydrogen) atoms. The summed E-state index contributed by atoms with van der Waals surface area (Å²) >= 11 is 0. The molecular formula is C11H21NO4. The van der Waals surface area contributed by atoms with Crippen molar-refractivity contribution in [3.63, 3.8) is 0 Å². The van der Waals surface area contributed by atoms with Gasteiger partial charge < -0.3 is 19.5 Å². The number of aldehydes is 1. The second-order valence-corrected chi connectivity index (χ2v) is 3.72. The normalized spacial score (nSPS) is 20.6. The molecule has 1 N–H and O–H groups in total. The highest BCUT2D eigenvalue weighted by molar-refractivity contribution is 5.72. The summed E-state index contributed by atoms with van der Waals surface area (Å²) in [5.74, 6) is -0.252. The van der Waals surface area contributed by atoms with Crippen molar-refractivity contribution in [1.29, 1.82) is 0 Å². The summed E-state index contributed by atoms with van der Waals surface area (Å²) < 4.78 is 5.22. The number of aliphatic hydroxyl groups is 1. The van der Waals surface area contributed by atoms with Crippen molar-refractivity contribution in [2.75, 3.05) is 27.2 Å². The monoisotopic (exact) mass is 231 g/mol. The van der Waals surface area contributed by atoms with Gasteiger partial charge in [-0.3, -0.25) is 4.79 Å². The first-order valence-electron chi connectivity index (χ1n) is 5.48. The van der Waals surface area contributed by atoms with Crippen molar-refractivity contribution >= 4 is 12.3 Å². The molecule has 5 heteroatoms. The largest absolute Gasteiger partial charge is 0.461 e. The Labute approximate surface area is 96.4 Å². The van der Waals surface area contributed by atoms with Gasteiger partial charge in [-0.1, -0.05) is 0 Å². The Bertz CT molecular complexity index is 208. The van der Waals surface area contributed by atoms with E-state index in [4.69, 9.17) is 9.84 Å². The number of carbonyl (C=O) groups is 2. The minimum absolute atomic E-state index is 0.0212. The zero-order chi connectivity index (χ0) is 12.4. The quantitative estimate of drug-likeness (QED) is 0.553. The maximum absolute atomic E-state index is 11.2. The van der Waals surface area contributed by atoms with Gasteiger partial charge in [0.05, 0.1) is 6.42 Å². The Morgan fingerprint density at radius 3 is 2.81 bits per heavy atom. The molecule has 0 spiro atoms. The second-order valence-electron chi connectivity index (χ2n) is 3.72. The summed E-state index contributed by atoms with van der Waals surface area (Å²) in [5, 5.41) is 7.00. The number of nitrogens with zero attached hydrogens (tertiary/aromatic N) is 1. The van der Waals surface area contributed by atoms with Gasteiger partial charge >= 0.3 is 5.97 Å². The van der Waals surface area contributed by atoms with E-state index in [9.17, 15) is 9.59 Å². The van der Waals surface area contributed by atoms with Crippen LogP contribution < -0.4 is 0 Å². The molecule has 0 aliphatic carbocycles. The van der Waals surface area contributed by atoms with Crippen LogP contribution in [0.2, 0.25) is 0 Å². The molecule has 1 atom stereocenters. The summed E-state index contributed by atoms with van der Waals surface area (Å²) in [4.78, 5) is 23.4. The summed E-state index contributed by atoms with van der Waals surface area (Å²) in [6.07, 6.45) is 3.26. The smallest absolute Gasteiger partial charge is 0.306 e. The second kappa shape index (κ2) is 9.30. The van der Waals surface area contributed by atoms with Crippen LogP contribution in [0.3, 0.4) is 0 Å². The molecule has 0 saturated carbocycles.